The molecule has 0 saturated carbocycles. The minimum Gasteiger partial charge on any atom is -0.394 e. The minimum atomic E-state index is -2.66. The predicted octanol–water partition coefficient (Wildman–Crippen LogP) is -22.2. The van der Waals surface area contributed by atoms with Gasteiger partial charge in [-0.2, -0.15) is 0 Å². The first-order valence-corrected chi connectivity index (χ1v) is 43.4. The number of rotatable bonds is 34. The van der Waals surface area contributed by atoms with Gasteiger partial charge in [0.15, 0.2) is 69.2 Å². The molecule has 59 nitrogen and oxygen atoms in total. The number of amides is 5. The summed E-state index contributed by atoms with van der Waals surface area (Å²) >= 11 is 0. The van der Waals surface area contributed by atoms with Gasteiger partial charge in [-0.15, -0.1) is 0 Å². The third-order valence-electron chi connectivity index (χ3n) is 24.9. The van der Waals surface area contributed by atoms with Crippen molar-refractivity contribution in [2.45, 2.75) is 386 Å². The van der Waals surface area contributed by atoms with Crippen LogP contribution in [0.3, 0.4) is 0 Å². The highest BCUT2D eigenvalue weighted by Crippen LogP contribution is 2.42. The van der Waals surface area contributed by atoms with Gasteiger partial charge in [0.2, 0.25) is 29.5 Å². The molecule has 0 aromatic heterocycles. The van der Waals surface area contributed by atoms with Crippen molar-refractivity contribution >= 4 is 29.5 Å². The SMILES string of the molecule is CC(=O)N[C@@H]1[C@@H](O)[C@H](O[C@@H]2O[C@H](CO)[C@@H](O[C@@H]3O[C@H](CO[C@H]4O[C@H](CO)[C@@H](O)[C@H](O)[C@@H]4O[C@@H]4O[C@H](CO)[C@@H](O[C@@H]5O[C@H](CO)[C@H](O)[C@H](O[C@@H]6O[C@@H](C)[C@@H](O)[C@@H](O)[C@@H]6O)[C@H]5O)[C@H](O)[C@H]4NC(C)=O)[C@@H](O)[C@H](O[C@H]4O[C@H](CO)[C@@H](O)[C@H](O)[C@@H]4O[C@@H]4O[C@H](CO)[C@@H](O[C@@H]5O[C@H](CO)[C@H](O)[C@H](O)[C@H]5NC(C)=O)[C@H](O)[C@H]4NC(C)=O)[C@@H]3O)[C@H](O)[C@H]2NC(C)=O)[C@@H](CO[C@@H]2O[C@@H](C)[C@@H](O)[C@@H](O)[C@@H]2O)O[C@H]1O. The van der Waals surface area contributed by atoms with E-state index in [9.17, 15) is 167 Å². The Labute approximate surface area is 765 Å². The molecule has 11 aliphatic rings. The Morgan fingerprint density at radius 2 is 0.459 bits per heavy atom. The average molecular weight is 1970 g/mol. The minimum absolute atomic E-state index is 0.831. The van der Waals surface area contributed by atoms with Gasteiger partial charge in [0.25, 0.3) is 0 Å². The Morgan fingerprint density at radius 3 is 0.859 bits per heavy atom. The Balaban J connectivity index is 0.917. The van der Waals surface area contributed by atoms with E-state index in [1.165, 1.54) is 13.8 Å². The van der Waals surface area contributed by atoms with Crippen molar-refractivity contribution in [1.29, 1.82) is 0 Å². The molecule has 0 radical (unpaired) electrons. The smallest absolute Gasteiger partial charge is 0.217 e. The zero-order valence-corrected chi connectivity index (χ0v) is 73.3. The Kier molecular flexibility index (Phi) is 39.5. The van der Waals surface area contributed by atoms with Crippen molar-refractivity contribution in [1.82, 2.24) is 26.6 Å². The van der Waals surface area contributed by atoms with E-state index in [0.717, 1.165) is 34.6 Å². The lowest BCUT2D eigenvalue weighted by Crippen LogP contribution is -2.71. The molecule has 0 aliphatic carbocycles. The molecular formula is C76H127N5O54. The standard InChI is InChI=1S/C76H127N5O54/c1-17-38(94)50(106)54(110)71(117-17)115-16-32-61(46(102)33(66(114)119-32)77-19(3)89)129-68-35(79-21(5)91)48(104)60(29(13-87)124-68)131-74-57(113)63(133-76-65(53(109)42(98)26(10-84)123-76)135-70-36(80-22(6)92)47(103)58(28(12-86)125-70)128-67-34(78-20(4)90)45(101)40(96)24(8-82)120-67)44(100)31(127-74)15-116-75-64(52(108)41(97)25(9-83)122-75)134-69-37(81-23(7)93)49(105)59(30(14-88)126-69)130-73-56(112)62(43(99)27(11-85)121-73)132-72-55(111)51(107)39(95)18(2)118-72/h17-18,24-76,82-88,94-114H,8-16H2,1-7H3,(H,77,89)(H,78,90)(H,79,91)(H,80,92)(H,81,93)/t17-,18-,24+,25+,26+,27+,28+,29+,30+,31+,32+,33+,34+,35+,36+,37+,38+,39+,40-,41+,42+,43-,44+,45+,46+,47+,48+,49+,50+,51+,52-,53-,54-,55-,56+,57-,58+,59+,60+,61+,62-,63-,64-,65-,66+,67-,68-,69-,70-,71+,72-,73-,74-,75-,76+/m0/s1. The number of aliphatic hydroxyl groups is 28. The maximum atomic E-state index is 13.4. The number of nitrogens with one attached hydrogen (secondary N) is 5. The fourth-order valence-corrected chi connectivity index (χ4v) is 17.6. The third-order valence-corrected chi connectivity index (χ3v) is 24.9. The van der Waals surface area contributed by atoms with Crippen LogP contribution in [-0.4, -0.2) is 569 Å². The normalized spacial score (nSPS) is 49.5. The van der Waals surface area contributed by atoms with Crippen molar-refractivity contribution in [3.05, 3.63) is 0 Å². The van der Waals surface area contributed by atoms with Crippen LogP contribution in [0.25, 0.3) is 0 Å². The van der Waals surface area contributed by atoms with Crippen LogP contribution in [0.2, 0.25) is 0 Å². The van der Waals surface area contributed by atoms with Crippen LogP contribution in [0.1, 0.15) is 48.5 Å². The lowest BCUT2D eigenvalue weighted by atomic mass is 9.93. The molecule has 55 atom stereocenters. The lowest BCUT2D eigenvalue weighted by molar-refractivity contribution is -0.398. The van der Waals surface area contributed by atoms with Crippen LogP contribution in [0.15, 0.2) is 0 Å². The quantitative estimate of drug-likeness (QED) is 0.0284. The molecule has 59 heteroatoms. The maximum Gasteiger partial charge on any atom is 0.217 e. The van der Waals surface area contributed by atoms with E-state index in [1.54, 1.807) is 0 Å². The molecular weight excluding hydrogens is 1850 g/mol. The monoisotopic (exact) mass is 1970 g/mol. The number of carbonyl (C=O) groups excluding carboxylic acids is 5. The fraction of sp³-hybridized carbons (Fsp3) is 0.934. The number of ether oxygens (including phenoxy) is 21. The largest absolute Gasteiger partial charge is 0.394 e. The van der Waals surface area contributed by atoms with E-state index < -0.39 is 426 Å². The summed E-state index contributed by atoms with van der Waals surface area (Å²) in [5, 5.41) is 329. The molecule has 11 saturated heterocycles. The van der Waals surface area contributed by atoms with Crippen LogP contribution in [0.4, 0.5) is 0 Å². The summed E-state index contributed by atoms with van der Waals surface area (Å²) in [5.41, 5.74) is 0. The molecule has 135 heavy (non-hydrogen) atoms. The molecule has 11 heterocycles. The van der Waals surface area contributed by atoms with Crippen LogP contribution in [-0.2, 0) is 123 Å². The van der Waals surface area contributed by atoms with Gasteiger partial charge < -0.3 is 269 Å². The molecule has 33 N–H and O–H groups in total. The van der Waals surface area contributed by atoms with E-state index in [2.05, 4.69) is 26.6 Å². The number of hydrogen-bond acceptors (Lipinski definition) is 54. The van der Waals surface area contributed by atoms with E-state index in [1.807, 2.05) is 0 Å². The van der Waals surface area contributed by atoms with Gasteiger partial charge in [-0.05, 0) is 13.8 Å². The number of aliphatic hydroxyl groups excluding tert-OH is 28. The van der Waals surface area contributed by atoms with Gasteiger partial charge in [0.05, 0.1) is 71.7 Å². The highest BCUT2D eigenvalue weighted by Gasteiger charge is 2.63. The third kappa shape index (κ3) is 24.7. The zero-order chi connectivity index (χ0) is 99.4. The summed E-state index contributed by atoms with van der Waals surface area (Å²) < 4.78 is 126. The second kappa shape index (κ2) is 48.2. The molecule has 11 fully saturated rings. The maximum absolute atomic E-state index is 13.4. The number of carbonyl (C=O) groups is 5. The van der Waals surface area contributed by atoms with Gasteiger partial charge >= 0.3 is 0 Å². The topological polar surface area (TPSA) is 906 Å². The molecule has 11 aliphatic heterocycles. The van der Waals surface area contributed by atoms with Crippen molar-refractivity contribution in [3.8, 4) is 0 Å². The van der Waals surface area contributed by atoms with Gasteiger partial charge in [-0.1, -0.05) is 0 Å². The summed E-state index contributed by atoms with van der Waals surface area (Å²) in [6.07, 6.45) is -103. The molecule has 11 rings (SSSR count). The van der Waals surface area contributed by atoms with Gasteiger partial charge in [0, 0.05) is 34.6 Å². The summed E-state index contributed by atoms with van der Waals surface area (Å²) in [6.45, 7) is -2.95. The number of hydrogen-bond donors (Lipinski definition) is 33. The first-order valence-electron chi connectivity index (χ1n) is 43.4. The van der Waals surface area contributed by atoms with Crippen LogP contribution in [0, 0.1) is 0 Å². The van der Waals surface area contributed by atoms with Crippen molar-refractivity contribution < 1.29 is 266 Å². The summed E-state index contributed by atoms with van der Waals surface area (Å²) in [5.74, 6) is -4.68. The molecule has 0 aromatic rings. The van der Waals surface area contributed by atoms with E-state index in [0.29, 0.717) is 0 Å². The van der Waals surface area contributed by atoms with E-state index in [-0.39, 0.29) is 0 Å². The molecule has 5 amide bonds. The van der Waals surface area contributed by atoms with Crippen LogP contribution in [0.5, 0.6) is 0 Å². The average Bonchev–Trinajstić information content (AvgIpc) is 0.777. The fourth-order valence-electron chi connectivity index (χ4n) is 17.6. The predicted molar refractivity (Wildman–Crippen MR) is 417 cm³/mol. The zero-order valence-electron chi connectivity index (χ0n) is 73.3. The summed E-state index contributed by atoms with van der Waals surface area (Å²) in [7, 11) is 0. The molecule has 0 spiro atoms. The summed E-state index contributed by atoms with van der Waals surface area (Å²) in [4.78, 5) is 64.6. The molecule has 0 aromatic carbocycles. The lowest BCUT2D eigenvalue weighted by Gasteiger charge is -2.51. The Morgan fingerprint density at radius 1 is 0.207 bits per heavy atom. The first kappa shape index (κ1) is 111. The van der Waals surface area contributed by atoms with Crippen molar-refractivity contribution in [3.63, 3.8) is 0 Å². The van der Waals surface area contributed by atoms with Gasteiger partial charge in [-0.3, -0.25) is 24.0 Å². The van der Waals surface area contributed by atoms with E-state index in [4.69, 9.17) is 99.5 Å². The van der Waals surface area contributed by atoms with Crippen molar-refractivity contribution in [2.24, 2.45) is 0 Å². The van der Waals surface area contributed by atoms with Crippen LogP contribution >= 0.6 is 0 Å². The second-order valence-electron chi connectivity index (χ2n) is 34.5. The Hall–Kier alpha value is -4.61. The van der Waals surface area contributed by atoms with Gasteiger partial charge in [-0.25, -0.2) is 0 Å². The van der Waals surface area contributed by atoms with Gasteiger partial charge in [0.1, 0.15) is 256 Å². The Bertz CT molecular complexity index is 3750. The van der Waals surface area contributed by atoms with Crippen LogP contribution < -0.4 is 26.6 Å². The second-order valence-corrected chi connectivity index (χ2v) is 34.5. The van der Waals surface area contributed by atoms with E-state index >= 15 is 0 Å². The highest BCUT2D eigenvalue weighted by molar-refractivity contribution is 5.75. The molecule has 0 unspecified atom stereocenters. The first-order chi connectivity index (χ1) is 63.8. The summed E-state index contributed by atoms with van der Waals surface area (Å²) in [6, 6.07) is -9.55. The molecule has 780 valence electrons. The van der Waals surface area contributed by atoms with Crippen molar-refractivity contribution in [2.75, 3.05) is 59.5 Å². The molecule has 0 bridgehead atoms. The highest BCUT2D eigenvalue weighted by atomic mass is 16.8.